The van der Waals surface area contributed by atoms with Crippen LogP contribution >= 0.6 is 0 Å². The predicted octanol–water partition coefficient (Wildman–Crippen LogP) is 4.44. The third-order valence-electron chi connectivity index (χ3n) is 5.22. The maximum absolute atomic E-state index is 12.6. The van der Waals surface area contributed by atoms with Crippen LogP contribution in [0, 0.1) is 18.8 Å². The first kappa shape index (κ1) is 17.6. The van der Waals surface area contributed by atoms with Gasteiger partial charge in [0.1, 0.15) is 6.04 Å². The largest absolute Gasteiger partial charge is 0.344 e. The molecule has 0 bridgehead atoms. The molecule has 1 fully saturated rings. The van der Waals surface area contributed by atoms with Crippen molar-refractivity contribution < 1.29 is 9.32 Å². The van der Waals surface area contributed by atoms with Crippen molar-refractivity contribution in [3.8, 4) is 11.4 Å². The van der Waals surface area contributed by atoms with Crippen LogP contribution in [-0.2, 0) is 4.79 Å². The molecule has 5 heteroatoms. The van der Waals surface area contributed by atoms with E-state index < -0.39 is 0 Å². The molecule has 134 valence electrons. The van der Waals surface area contributed by atoms with Crippen LogP contribution in [0.25, 0.3) is 11.4 Å². The second kappa shape index (κ2) is 7.81. The highest BCUT2D eigenvalue weighted by Crippen LogP contribution is 2.29. The fourth-order valence-corrected chi connectivity index (χ4v) is 3.41. The van der Waals surface area contributed by atoms with Crippen molar-refractivity contribution in [3.63, 3.8) is 0 Å². The normalized spacial score (nSPS) is 17.4. The summed E-state index contributed by atoms with van der Waals surface area (Å²) in [4.78, 5) is 17.1. The molecule has 0 radical (unpaired) electrons. The molecule has 0 saturated heterocycles. The highest BCUT2D eigenvalue weighted by molar-refractivity contribution is 5.79. The van der Waals surface area contributed by atoms with Crippen molar-refractivity contribution in [2.75, 3.05) is 0 Å². The first-order chi connectivity index (χ1) is 12.1. The molecule has 2 unspecified atom stereocenters. The van der Waals surface area contributed by atoms with Crippen molar-refractivity contribution in [2.45, 2.75) is 58.9 Å². The summed E-state index contributed by atoms with van der Waals surface area (Å²) in [7, 11) is 0. The third-order valence-corrected chi connectivity index (χ3v) is 5.22. The number of nitrogens with zero attached hydrogens (tertiary/aromatic N) is 2. The number of carbonyl (C=O) groups is 1. The molecule has 1 saturated carbocycles. The lowest BCUT2D eigenvalue weighted by Crippen LogP contribution is -2.36. The number of nitrogens with one attached hydrogen (secondary N) is 1. The lowest BCUT2D eigenvalue weighted by Gasteiger charge is -2.22. The average Bonchev–Trinajstić information content (AvgIpc) is 3.30. The molecule has 1 amide bonds. The number of hydrogen-bond acceptors (Lipinski definition) is 4. The Morgan fingerprint density at radius 3 is 2.80 bits per heavy atom. The summed E-state index contributed by atoms with van der Waals surface area (Å²) in [6.45, 7) is 6.25. The zero-order valence-corrected chi connectivity index (χ0v) is 15.3. The number of rotatable bonds is 6. The summed E-state index contributed by atoms with van der Waals surface area (Å²) in [6, 6.07) is 7.79. The molecule has 5 nitrogen and oxygen atoms in total. The highest BCUT2D eigenvalue weighted by Gasteiger charge is 2.30. The van der Waals surface area contributed by atoms with Gasteiger partial charge in [0.25, 0.3) is 0 Å². The Labute approximate surface area is 149 Å². The van der Waals surface area contributed by atoms with E-state index in [-0.39, 0.29) is 23.8 Å². The number of amides is 1. The van der Waals surface area contributed by atoms with Gasteiger partial charge in [-0.25, -0.2) is 0 Å². The smallest absolute Gasteiger partial charge is 0.249 e. The number of hydrogen-bond donors (Lipinski definition) is 1. The molecule has 1 aromatic heterocycles. The maximum Gasteiger partial charge on any atom is 0.249 e. The SMILES string of the molecule is CCC(C)C(NC(=O)C1CCCC1)c1nc(-c2cccc(C)c2)no1. The molecule has 0 aliphatic heterocycles. The molecule has 0 spiro atoms. The van der Waals surface area contributed by atoms with E-state index in [1.807, 2.05) is 31.2 Å². The molecule has 1 N–H and O–H groups in total. The molecule has 2 aromatic rings. The summed E-state index contributed by atoms with van der Waals surface area (Å²) in [5.41, 5.74) is 2.08. The first-order valence-electron chi connectivity index (χ1n) is 9.29. The fourth-order valence-electron chi connectivity index (χ4n) is 3.41. The van der Waals surface area contributed by atoms with Crippen molar-refractivity contribution in [1.82, 2.24) is 15.5 Å². The van der Waals surface area contributed by atoms with E-state index in [1.165, 1.54) is 0 Å². The summed E-state index contributed by atoms with van der Waals surface area (Å²) < 4.78 is 5.53. The van der Waals surface area contributed by atoms with Crippen LogP contribution in [0.4, 0.5) is 0 Å². The van der Waals surface area contributed by atoms with Gasteiger partial charge in [0.05, 0.1) is 0 Å². The molecule has 25 heavy (non-hydrogen) atoms. The van der Waals surface area contributed by atoms with Gasteiger partial charge in [-0.1, -0.05) is 62.0 Å². The van der Waals surface area contributed by atoms with Gasteiger partial charge in [-0.2, -0.15) is 4.98 Å². The monoisotopic (exact) mass is 341 g/mol. The van der Waals surface area contributed by atoms with Crippen LogP contribution in [0.15, 0.2) is 28.8 Å². The van der Waals surface area contributed by atoms with Gasteiger partial charge in [-0.15, -0.1) is 0 Å². The minimum atomic E-state index is -0.232. The Morgan fingerprint density at radius 2 is 2.12 bits per heavy atom. The fraction of sp³-hybridized carbons (Fsp3) is 0.550. The summed E-state index contributed by atoms with van der Waals surface area (Å²) in [6.07, 6.45) is 5.18. The minimum Gasteiger partial charge on any atom is -0.344 e. The second-order valence-electron chi connectivity index (χ2n) is 7.18. The van der Waals surface area contributed by atoms with Gasteiger partial charge in [-0.3, -0.25) is 4.79 Å². The molecule has 1 heterocycles. The first-order valence-corrected chi connectivity index (χ1v) is 9.29. The molecule has 1 aliphatic rings. The van der Waals surface area contributed by atoms with E-state index in [9.17, 15) is 4.79 Å². The van der Waals surface area contributed by atoms with E-state index >= 15 is 0 Å². The van der Waals surface area contributed by atoms with E-state index in [0.29, 0.717) is 11.7 Å². The van der Waals surface area contributed by atoms with Gasteiger partial charge in [0.15, 0.2) is 0 Å². The number of carbonyl (C=O) groups excluding carboxylic acids is 1. The van der Waals surface area contributed by atoms with E-state index in [4.69, 9.17) is 4.52 Å². The summed E-state index contributed by atoms with van der Waals surface area (Å²) >= 11 is 0. The van der Waals surface area contributed by atoms with Gasteiger partial charge >= 0.3 is 0 Å². The van der Waals surface area contributed by atoms with Crippen LogP contribution in [0.2, 0.25) is 0 Å². The third kappa shape index (κ3) is 4.09. The molecule has 2 atom stereocenters. The van der Waals surface area contributed by atoms with E-state index in [1.54, 1.807) is 0 Å². The Bertz CT molecular complexity index is 719. The summed E-state index contributed by atoms with van der Waals surface area (Å²) in [5, 5.41) is 7.30. The van der Waals surface area contributed by atoms with Gasteiger partial charge in [-0.05, 0) is 31.7 Å². The van der Waals surface area contributed by atoms with Crippen molar-refractivity contribution >= 4 is 5.91 Å². The van der Waals surface area contributed by atoms with Crippen molar-refractivity contribution in [2.24, 2.45) is 11.8 Å². The lowest BCUT2D eigenvalue weighted by atomic mass is 9.97. The molecule has 1 aromatic carbocycles. The standard InChI is InChI=1S/C20H27N3O2/c1-4-14(3)17(21-19(24)15-9-5-6-10-15)20-22-18(23-25-20)16-11-7-8-13(2)12-16/h7-8,11-12,14-15,17H,4-6,9-10H2,1-3H3,(H,21,24). The molecule has 1 aliphatic carbocycles. The van der Waals surface area contributed by atoms with Gasteiger partial charge < -0.3 is 9.84 Å². The number of aromatic nitrogens is 2. The molecular formula is C20H27N3O2. The van der Waals surface area contributed by atoms with Gasteiger partial charge in [0.2, 0.25) is 17.6 Å². The highest BCUT2D eigenvalue weighted by atomic mass is 16.5. The van der Waals surface area contributed by atoms with Crippen LogP contribution < -0.4 is 5.32 Å². The Kier molecular flexibility index (Phi) is 5.51. The average molecular weight is 341 g/mol. The zero-order valence-electron chi connectivity index (χ0n) is 15.3. The van der Waals surface area contributed by atoms with E-state index in [0.717, 1.165) is 43.2 Å². The van der Waals surface area contributed by atoms with Crippen LogP contribution in [0.5, 0.6) is 0 Å². The Hall–Kier alpha value is -2.17. The minimum absolute atomic E-state index is 0.123. The number of aryl methyl sites for hydroxylation is 1. The summed E-state index contributed by atoms with van der Waals surface area (Å²) in [5.74, 6) is 1.55. The molecule has 3 rings (SSSR count). The van der Waals surface area contributed by atoms with Crippen LogP contribution in [0.3, 0.4) is 0 Å². The van der Waals surface area contributed by atoms with Crippen LogP contribution in [-0.4, -0.2) is 16.0 Å². The predicted molar refractivity (Wildman–Crippen MR) is 96.8 cm³/mol. The Morgan fingerprint density at radius 1 is 1.36 bits per heavy atom. The lowest BCUT2D eigenvalue weighted by molar-refractivity contribution is -0.126. The van der Waals surface area contributed by atoms with Crippen LogP contribution in [0.1, 0.15) is 63.4 Å². The number of benzene rings is 1. The zero-order chi connectivity index (χ0) is 17.8. The second-order valence-corrected chi connectivity index (χ2v) is 7.18. The topological polar surface area (TPSA) is 68.0 Å². The van der Waals surface area contributed by atoms with Gasteiger partial charge in [0, 0.05) is 11.5 Å². The van der Waals surface area contributed by atoms with E-state index in [2.05, 4.69) is 29.3 Å². The van der Waals surface area contributed by atoms with Crippen molar-refractivity contribution in [1.29, 1.82) is 0 Å². The Balaban J connectivity index is 1.80. The molecular weight excluding hydrogens is 314 g/mol. The maximum atomic E-state index is 12.6. The van der Waals surface area contributed by atoms with Crippen molar-refractivity contribution in [3.05, 3.63) is 35.7 Å². The quantitative estimate of drug-likeness (QED) is 0.843.